The van der Waals surface area contributed by atoms with E-state index in [0.717, 1.165) is 5.57 Å². The first kappa shape index (κ1) is 37.7. The monoisotopic (exact) mass is 931 g/mol. The summed E-state index contributed by atoms with van der Waals surface area (Å²) >= 11 is 13.7. The Kier molecular flexibility index (Phi) is 8.97. The summed E-state index contributed by atoms with van der Waals surface area (Å²) < 4.78 is 12.4. The summed E-state index contributed by atoms with van der Waals surface area (Å²) in [6.07, 6.45) is 2.35. The highest BCUT2D eigenvalue weighted by Crippen LogP contribution is 2.66. The average molecular weight is 934 g/mol. The fourth-order valence-corrected chi connectivity index (χ4v) is 11.2. The molecule has 5 aromatic carbocycles. The standard InChI is InChI=1S/C46H32Br2ClN3O7/c1-58-35-22-31(38(47)39(48)40(35)53)37-28-18-19-29-36(44(56)51(42(29)54)26-16-14-23(15-17-26)41-50-33-12-5-6-13-34(33)59-41)30(28)21-32-43(55)52(27-11-7-10-25(49)20-27)45(57)46(32,37)24-8-3-2-4-9-24/h2-18,20,22,29-30,32,36-37,53H,19,21H2,1H3. The molecule has 0 bridgehead atoms. The van der Waals surface area contributed by atoms with Crippen LogP contribution in [-0.4, -0.2) is 40.8 Å². The lowest BCUT2D eigenvalue weighted by atomic mass is 9.49. The molecular formula is C46H32Br2ClN3O7. The molecule has 0 radical (unpaired) electrons. The Morgan fingerprint density at radius 3 is 2.29 bits per heavy atom. The van der Waals surface area contributed by atoms with Crippen molar-refractivity contribution in [1.82, 2.24) is 4.98 Å². The second kappa shape index (κ2) is 14.0. The van der Waals surface area contributed by atoms with Crippen LogP contribution in [0.5, 0.6) is 11.5 Å². The fourth-order valence-electron chi connectivity index (χ4n) is 10.1. The molecule has 6 aromatic rings. The van der Waals surface area contributed by atoms with Gasteiger partial charge in [-0.1, -0.05) is 71.8 Å². The van der Waals surface area contributed by atoms with Crippen molar-refractivity contribution in [2.24, 2.45) is 23.7 Å². The third-order valence-corrected chi connectivity index (χ3v) is 14.9. The third-order valence-electron chi connectivity index (χ3n) is 12.5. The SMILES string of the molecule is COc1cc(C2C3=CCC4C(=O)N(c5ccc(-c6nc7ccccc7o6)cc5)C(=O)C4C3CC3C(=O)N(c4cccc(Cl)c4)C(=O)C32c2ccccc2)c(Br)c(Br)c1O. The molecule has 0 spiro atoms. The van der Waals surface area contributed by atoms with Crippen LogP contribution in [0, 0.1) is 23.7 Å². The maximum absolute atomic E-state index is 15.6. The number of phenols is 1. The van der Waals surface area contributed by atoms with Crippen molar-refractivity contribution in [3.05, 3.63) is 146 Å². The summed E-state index contributed by atoms with van der Waals surface area (Å²) in [6, 6.07) is 32.0. The zero-order valence-corrected chi connectivity index (χ0v) is 35.1. The van der Waals surface area contributed by atoms with E-state index in [1.54, 1.807) is 54.6 Å². The molecule has 1 N–H and O–H groups in total. The van der Waals surface area contributed by atoms with E-state index < -0.39 is 46.8 Å². The van der Waals surface area contributed by atoms with E-state index >= 15 is 9.59 Å². The number of aromatic hydroxyl groups is 1. The topological polar surface area (TPSA) is 130 Å². The van der Waals surface area contributed by atoms with E-state index in [2.05, 4.69) is 36.8 Å². The first-order valence-corrected chi connectivity index (χ1v) is 21.0. The lowest BCUT2D eigenvalue weighted by Gasteiger charge is -2.51. The number of anilines is 2. The van der Waals surface area contributed by atoms with Crippen molar-refractivity contribution in [3.8, 4) is 23.0 Å². The van der Waals surface area contributed by atoms with Crippen molar-refractivity contribution < 1.29 is 33.4 Å². The number of hydrogen-bond donors (Lipinski definition) is 1. The maximum atomic E-state index is 15.6. The van der Waals surface area contributed by atoms with Gasteiger partial charge in [0.15, 0.2) is 17.1 Å². The van der Waals surface area contributed by atoms with Crippen LogP contribution >= 0.6 is 43.5 Å². The normalized spacial score (nSPS) is 24.9. The molecule has 6 unspecified atom stereocenters. The number of benzene rings is 5. The number of halogens is 3. The Labute approximate surface area is 359 Å². The second-order valence-corrected chi connectivity index (χ2v) is 17.3. The van der Waals surface area contributed by atoms with Crippen molar-refractivity contribution in [3.63, 3.8) is 0 Å². The molecule has 294 valence electrons. The molecule has 1 saturated carbocycles. The summed E-state index contributed by atoms with van der Waals surface area (Å²) in [4.78, 5) is 67.1. The van der Waals surface area contributed by atoms with Crippen LogP contribution in [0.4, 0.5) is 11.4 Å². The number of allylic oxidation sites excluding steroid dienone is 2. The predicted molar refractivity (Wildman–Crippen MR) is 228 cm³/mol. The quantitative estimate of drug-likeness (QED) is 0.129. The summed E-state index contributed by atoms with van der Waals surface area (Å²) in [7, 11) is 1.44. The van der Waals surface area contributed by atoms with Crippen molar-refractivity contribution in [2.45, 2.75) is 24.2 Å². The van der Waals surface area contributed by atoms with E-state index in [1.807, 2.05) is 60.7 Å². The first-order chi connectivity index (χ1) is 28.5. The number of phenolic OH excluding ortho intramolecular Hbond substituents is 1. The zero-order chi connectivity index (χ0) is 40.9. The van der Waals surface area contributed by atoms with Crippen LogP contribution in [0.15, 0.2) is 134 Å². The molecule has 10 nitrogen and oxygen atoms in total. The Hall–Kier alpha value is -5.56. The van der Waals surface area contributed by atoms with Crippen LogP contribution < -0.4 is 14.5 Å². The largest absolute Gasteiger partial charge is 0.503 e. The third kappa shape index (κ3) is 5.45. The molecule has 2 aliphatic heterocycles. The number of para-hydroxylation sites is 2. The van der Waals surface area contributed by atoms with Gasteiger partial charge in [0.2, 0.25) is 29.5 Å². The van der Waals surface area contributed by atoms with Crippen LogP contribution in [0.3, 0.4) is 0 Å². The number of rotatable bonds is 6. The summed E-state index contributed by atoms with van der Waals surface area (Å²) in [5.41, 5.74) is 3.21. The number of oxazole rings is 1. The fraction of sp³-hybridized carbons (Fsp3) is 0.196. The molecule has 1 aromatic heterocycles. The Morgan fingerprint density at radius 2 is 1.56 bits per heavy atom. The smallest absolute Gasteiger partial charge is 0.246 e. The Bertz CT molecular complexity index is 2780. The van der Waals surface area contributed by atoms with Crippen LogP contribution in [0.2, 0.25) is 5.02 Å². The van der Waals surface area contributed by atoms with Crippen molar-refractivity contribution in [1.29, 1.82) is 0 Å². The minimum absolute atomic E-state index is 0.123. The van der Waals surface area contributed by atoms with Crippen LogP contribution in [-0.2, 0) is 24.6 Å². The van der Waals surface area contributed by atoms with Gasteiger partial charge in [-0.3, -0.25) is 24.1 Å². The van der Waals surface area contributed by atoms with E-state index in [-0.39, 0.29) is 36.2 Å². The van der Waals surface area contributed by atoms with Crippen molar-refractivity contribution in [2.75, 3.05) is 16.9 Å². The van der Waals surface area contributed by atoms with Gasteiger partial charge in [-0.15, -0.1) is 0 Å². The number of carbonyl (C=O) groups is 4. The Balaban J connectivity index is 1.12. The van der Waals surface area contributed by atoms with E-state index in [0.29, 0.717) is 59.0 Å². The highest BCUT2D eigenvalue weighted by Gasteiger charge is 2.70. The minimum atomic E-state index is -1.52. The number of aromatic nitrogens is 1. The molecule has 4 amide bonds. The lowest BCUT2D eigenvalue weighted by molar-refractivity contribution is -0.127. The number of methoxy groups -OCH3 is 1. The number of ether oxygens (including phenoxy) is 1. The average Bonchev–Trinajstić information content (AvgIpc) is 3.87. The van der Waals surface area contributed by atoms with Crippen LogP contribution in [0.25, 0.3) is 22.6 Å². The molecule has 6 atom stereocenters. The molecule has 10 rings (SSSR count). The Morgan fingerprint density at radius 1 is 0.814 bits per heavy atom. The number of nitrogens with zero attached hydrogens (tertiary/aromatic N) is 3. The first-order valence-electron chi connectivity index (χ1n) is 19.0. The van der Waals surface area contributed by atoms with E-state index in [1.165, 1.54) is 16.9 Å². The van der Waals surface area contributed by atoms with Gasteiger partial charge in [-0.2, -0.15) is 0 Å². The van der Waals surface area contributed by atoms with Crippen LogP contribution in [0.1, 0.15) is 29.9 Å². The molecular weight excluding hydrogens is 902 g/mol. The molecule has 2 aliphatic carbocycles. The highest BCUT2D eigenvalue weighted by molar-refractivity contribution is 9.13. The van der Waals surface area contributed by atoms with Crippen molar-refractivity contribution >= 4 is 89.6 Å². The van der Waals surface area contributed by atoms with Gasteiger partial charge in [0.25, 0.3) is 0 Å². The van der Waals surface area contributed by atoms with Gasteiger partial charge in [0.1, 0.15) is 5.52 Å². The predicted octanol–water partition coefficient (Wildman–Crippen LogP) is 9.75. The molecule has 3 heterocycles. The molecule has 13 heteroatoms. The molecule has 3 fully saturated rings. The van der Waals surface area contributed by atoms with E-state index in [9.17, 15) is 14.7 Å². The number of amides is 4. The summed E-state index contributed by atoms with van der Waals surface area (Å²) in [5, 5.41) is 11.5. The highest BCUT2D eigenvalue weighted by atomic mass is 79.9. The second-order valence-electron chi connectivity index (χ2n) is 15.3. The lowest BCUT2D eigenvalue weighted by Crippen LogP contribution is -2.53. The number of imide groups is 2. The zero-order valence-electron chi connectivity index (χ0n) is 31.1. The van der Waals surface area contributed by atoms with Gasteiger partial charge in [0.05, 0.1) is 46.1 Å². The van der Waals surface area contributed by atoms with Gasteiger partial charge < -0.3 is 14.3 Å². The molecule has 2 saturated heterocycles. The molecule has 59 heavy (non-hydrogen) atoms. The number of fused-ring (bicyclic) bond motifs is 5. The number of carbonyl (C=O) groups excluding carboxylic acids is 4. The van der Waals surface area contributed by atoms with Gasteiger partial charge in [-0.05, 0) is 122 Å². The van der Waals surface area contributed by atoms with Gasteiger partial charge in [-0.25, -0.2) is 9.88 Å². The summed E-state index contributed by atoms with van der Waals surface area (Å²) in [5.74, 6) is -5.12. The molecule has 4 aliphatic rings. The van der Waals surface area contributed by atoms with Gasteiger partial charge in [0, 0.05) is 21.0 Å². The minimum Gasteiger partial charge on any atom is -0.503 e. The maximum Gasteiger partial charge on any atom is 0.246 e. The van der Waals surface area contributed by atoms with E-state index in [4.69, 9.17) is 20.8 Å². The number of hydrogen-bond acceptors (Lipinski definition) is 8. The summed E-state index contributed by atoms with van der Waals surface area (Å²) in [6.45, 7) is 0. The van der Waals surface area contributed by atoms with Gasteiger partial charge >= 0.3 is 0 Å².